The zero-order chi connectivity index (χ0) is 15.0. The maximum Gasteiger partial charge on any atom is 0.270 e. The number of nitrogens with one attached hydrogen (secondary N) is 2. The number of hydrogen-bond donors (Lipinski definition) is 2. The second kappa shape index (κ2) is 8.42. The Morgan fingerprint density at radius 2 is 2.20 bits per heavy atom. The van der Waals surface area contributed by atoms with E-state index in [0.29, 0.717) is 24.3 Å². The number of thioether (sulfide) groups is 1. The van der Waals surface area contributed by atoms with Gasteiger partial charge in [0, 0.05) is 30.9 Å². The van der Waals surface area contributed by atoms with Crippen molar-refractivity contribution in [2.24, 2.45) is 0 Å². The van der Waals surface area contributed by atoms with Crippen LogP contribution in [0.15, 0.2) is 18.2 Å². The Bertz CT molecular complexity index is 480. The fourth-order valence-corrected chi connectivity index (χ4v) is 2.12. The largest absolute Gasteiger partial charge is 0.385 e. The minimum Gasteiger partial charge on any atom is -0.385 e. The first kappa shape index (κ1) is 16.3. The van der Waals surface area contributed by atoms with Crippen LogP contribution in [-0.2, 0) is 0 Å². The second-order valence-electron chi connectivity index (χ2n) is 4.12. The van der Waals surface area contributed by atoms with E-state index in [4.69, 9.17) is 0 Å². The van der Waals surface area contributed by atoms with E-state index in [-0.39, 0.29) is 11.6 Å². The minimum absolute atomic E-state index is 0.0825. The van der Waals surface area contributed by atoms with E-state index >= 15 is 0 Å². The van der Waals surface area contributed by atoms with Crippen LogP contribution in [0.3, 0.4) is 0 Å². The topological polar surface area (TPSA) is 84.3 Å². The van der Waals surface area contributed by atoms with Gasteiger partial charge in [0.15, 0.2) is 0 Å². The van der Waals surface area contributed by atoms with E-state index in [9.17, 15) is 14.9 Å². The number of rotatable bonds is 8. The number of nitrogens with zero attached hydrogens (tertiary/aromatic N) is 1. The Hall–Kier alpha value is -1.76. The van der Waals surface area contributed by atoms with Crippen molar-refractivity contribution in [3.8, 4) is 0 Å². The van der Waals surface area contributed by atoms with Crippen molar-refractivity contribution in [3.63, 3.8) is 0 Å². The predicted octanol–water partition coefficient (Wildman–Crippen LogP) is 2.51. The SMILES string of the molecule is CCNc1ccc([N+](=O)[O-])cc1C(=O)NCCCSC. The molecule has 0 atom stereocenters. The van der Waals surface area contributed by atoms with Crippen molar-refractivity contribution in [3.05, 3.63) is 33.9 Å². The highest BCUT2D eigenvalue weighted by molar-refractivity contribution is 7.98. The number of nitro benzene ring substituents is 1. The van der Waals surface area contributed by atoms with E-state index in [1.54, 1.807) is 17.8 Å². The van der Waals surface area contributed by atoms with E-state index in [1.165, 1.54) is 12.1 Å². The first-order valence-electron chi connectivity index (χ1n) is 6.39. The van der Waals surface area contributed by atoms with Crippen molar-refractivity contribution in [2.45, 2.75) is 13.3 Å². The number of hydrogen-bond acceptors (Lipinski definition) is 5. The van der Waals surface area contributed by atoms with E-state index in [2.05, 4.69) is 10.6 Å². The molecule has 0 radical (unpaired) electrons. The molecule has 0 fully saturated rings. The Morgan fingerprint density at radius 3 is 2.80 bits per heavy atom. The van der Waals surface area contributed by atoms with Crippen molar-refractivity contribution in [1.29, 1.82) is 0 Å². The summed E-state index contributed by atoms with van der Waals surface area (Å²) in [4.78, 5) is 22.4. The minimum atomic E-state index is -0.500. The fourth-order valence-electron chi connectivity index (χ4n) is 1.69. The Labute approximate surface area is 122 Å². The first-order valence-corrected chi connectivity index (χ1v) is 7.79. The lowest BCUT2D eigenvalue weighted by Crippen LogP contribution is -2.26. The molecule has 0 saturated carbocycles. The molecule has 0 aliphatic rings. The highest BCUT2D eigenvalue weighted by atomic mass is 32.2. The summed E-state index contributed by atoms with van der Waals surface area (Å²) in [5, 5.41) is 16.6. The molecule has 7 heteroatoms. The lowest BCUT2D eigenvalue weighted by atomic mass is 10.1. The van der Waals surface area contributed by atoms with E-state index in [0.717, 1.165) is 12.2 Å². The molecule has 1 aromatic rings. The molecule has 2 N–H and O–H groups in total. The highest BCUT2D eigenvalue weighted by Gasteiger charge is 2.16. The van der Waals surface area contributed by atoms with Crippen molar-refractivity contribution in [1.82, 2.24) is 5.32 Å². The van der Waals surface area contributed by atoms with Crippen molar-refractivity contribution < 1.29 is 9.72 Å². The Morgan fingerprint density at radius 1 is 1.45 bits per heavy atom. The van der Waals surface area contributed by atoms with Gasteiger partial charge in [-0.3, -0.25) is 14.9 Å². The highest BCUT2D eigenvalue weighted by Crippen LogP contribution is 2.22. The van der Waals surface area contributed by atoms with Gasteiger partial charge in [-0.15, -0.1) is 0 Å². The maximum atomic E-state index is 12.1. The molecule has 0 aliphatic heterocycles. The number of anilines is 1. The lowest BCUT2D eigenvalue weighted by Gasteiger charge is -2.11. The number of amides is 1. The molecule has 0 bridgehead atoms. The molecule has 1 aromatic carbocycles. The van der Waals surface area contributed by atoms with Crippen molar-refractivity contribution in [2.75, 3.05) is 30.4 Å². The van der Waals surface area contributed by atoms with Gasteiger partial charge >= 0.3 is 0 Å². The van der Waals surface area contributed by atoms with Gasteiger partial charge in [-0.2, -0.15) is 11.8 Å². The van der Waals surface area contributed by atoms with Crippen LogP contribution in [0.25, 0.3) is 0 Å². The van der Waals surface area contributed by atoms with Gasteiger partial charge in [-0.05, 0) is 31.4 Å². The standard InChI is InChI=1S/C13H19N3O3S/c1-3-14-12-6-5-10(16(18)19)9-11(12)13(17)15-7-4-8-20-2/h5-6,9,14H,3-4,7-8H2,1-2H3,(H,15,17). The van der Waals surface area contributed by atoms with Crippen LogP contribution in [-0.4, -0.2) is 35.9 Å². The van der Waals surface area contributed by atoms with Gasteiger partial charge in [0.1, 0.15) is 0 Å². The molecule has 1 rings (SSSR count). The summed E-state index contributed by atoms with van der Waals surface area (Å²) in [5.41, 5.74) is 0.839. The molecule has 1 amide bonds. The third kappa shape index (κ3) is 4.73. The summed E-state index contributed by atoms with van der Waals surface area (Å²) in [6.45, 7) is 3.11. The molecule has 0 aromatic heterocycles. The van der Waals surface area contributed by atoms with Crippen molar-refractivity contribution >= 4 is 29.0 Å². The predicted molar refractivity (Wildman–Crippen MR) is 82.6 cm³/mol. The number of benzene rings is 1. The summed E-state index contributed by atoms with van der Waals surface area (Å²) in [6, 6.07) is 4.27. The molecule has 6 nitrogen and oxygen atoms in total. The number of carbonyl (C=O) groups excluding carboxylic acids is 1. The molecule has 20 heavy (non-hydrogen) atoms. The fraction of sp³-hybridized carbons (Fsp3) is 0.462. The molecular weight excluding hydrogens is 278 g/mol. The molecule has 0 unspecified atom stereocenters. The van der Waals surface area contributed by atoms with Crippen LogP contribution >= 0.6 is 11.8 Å². The smallest absolute Gasteiger partial charge is 0.270 e. The summed E-state index contributed by atoms with van der Waals surface area (Å²) in [5.74, 6) is 0.681. The monoisotopic (exact) mass is 297 g/mol. The average molecular weight is 297 g/mol. The van der Waals surface area contributed by atoms with Crippen LogP contribution in [0.1, 0.15) is 23.7 Å². The van der Waals surface area contributed by atoms with Crippen LogP contribution in [0.5, 0.6) is 0 Å². The zero-order valence-corrected chi connectivity index (χ0v) is 12.5. The lowest BCUT2D eigenvalue weighted by molar-refractivity contribution is -0.384. The number of carbonyl (C=O) groups is 1. The third-order valence-corrected chi connectivity index (χ3v) is 3.33. The number of non-ortho nitro benzene ring substituents is 1. The number of nitro groups is 1. The van der Waals surface area contributed by atoms with Gasteiger partial charge in [0.2, 0.25) is 0 Å². The van der Waals surface area contributed by atoms with Crippen LogP contribution in [0, 0.1) is 10.1 Å². The van der Waals surface area contributed by atoms with Gasteiger partial charge in [-0.1, -0.05) is 0 Å². The molecule has 0 spiro atoms. The molecular formula is C13H19N3O3S. The van der Waals surface area contributed by atoms with Crippen LogP contribution in [0.2, 0.25) is 0 Å². The molecule has 0 saturated heterocycles. The summed E-state index contributed by atoms with van der Waals surface area (Å²) < 4.78 is 0. The normalized spacial score (nSPS) is 10.1. The third-order valence-electron chi connectivity index (χ3n) is 2.64. The summed E-state index contributed by atoms with van der Waals surface area (Å²) >= 11 is 1.71. The van der Waals surface area contributed by atoms with E-state index < -0.39 is 4.92 Å². The van der Waals surface area contributed by atoms with Crippen LogP contribution in [0.4, 0.5) is 11.4 Å². The Kier molecular flexibility index (Phi) is 6.86. The molecule has 0 heterocycles. The average Bonchev–Trinajstić information content (AvgIpc) is 2.44. The second-order valence-corrected chi connectivity index (χ2v) is 5.11. The molecule has 110 valence electrons. The van der Waals surface area contributed by atoms with E-state index in [1.807, 2.05) is 13.2 Å². The van der Waals surface area contributed by atoms with Gasteiger partial charge < -0.3 is 10.6 Å². The zero-order valence-electron chi connectivity index (χ0n) is 11.6. The quantitative estimate of drug-likeness (QED) is 0.437. The summed E-state index contributed by atoms with van der Waals surface area (Å²) in [6.07, 6.45) is 2.88. The first-order chi connectivity index (χ1) is 9.60. The van der Waals surface area contributed by atoms with Gasteiger partial charge in [0.25, 0.3) is 11.6 Å². The van der Waals surface area contributed by atoms with Gasteiger partial charge in [0.05, 0.1) is 10.5 Å². The van der Waals surface area contributed by atoms with Gasteiger partial charge in [-0.25, -0.2) is 0 Å². The van der Waals surface area contributed by atoms with Crippen LogP contribution < -0.4 is 10.6 Å². The maximum absolute atomic E-state index is 12.1. The summed E-state index contributed by atoms with van der Waals surface area (Å²) in [7, 11) is 0. The molecule has 0 aliphatic carbocycles. The Balaban J connectivity index is 2.85.